The molecule has 1 amide bonds. The minimum absolute atomic E-state index is 0.227. The second-order valence-electron chi connectivity index (χ2n) is 5.29. The average molecular weight is 354 g/mol. The number of para-hydroxylation sites is 1. The van der Waals surface area contributed by atoms with Gasteiger partial charge in [-0.05, 0) is 54.1 Å². The van der Waals surface area contributed by atoms with E-state index in [0.29, 0.717) is 16.3 Å². The fourth-order valence-electron chi connectivity index (χ4n) is 2.17. The molecule has 0 bridgehead atoms. The van der Waals surface area contributed by atoms with Gasteiger partial charge in [0.05, 0.1) is 6.61 Å². The number of halogens is 1. The Morgan fingerprint density at radius 1 is 0.880 bits per heavy atom. The van der Waals surface area contributed by atoms with Crippen molar-refractivity contribution >= 4 is 17.5 Å². The van der Waals surface area contributed by atoms with Crippen molar-refractivity contribution in [2.75, 3.05) is 0 Å². The van der Waals surface area contributed by atoms with E-state index >= 15 is 0 Å². The molecule has 3 rings (SSSR count). The molecule has 0 unspecified atom stereocenters. The van der Waals surface area contributed by atoms with E-state index in [-0.39, 0.29) is 12.5 Å². The Labute approximate surface area is 150 Å². The van der Waals surface area contributed by atoms with Crippen molar-refractivity contribution in [3.8, 4) is 11.5 Å². The van der Waals surface area contributed by atoms with Gasteiger partial charge in [0.2, 0.25) is 0 Å². The van der Waals surface area contributed by atoms with Gasteiger partial charge in [-0.15, -0.1) is 0 Å². The van der Waals surface area contributed by atoms with E-state index < -0.39 is 0 Å². The minimum atomic E-state index is -0.326. The predicted octanol–water partition coefficient (Wildman–Crippen LogP) is 4.99. The Bertz CT molecular complexity index is 835. The second kappa shape index (κ2) is 8.33. The Balaban J connectivity index is 1.54. The monoisotopic (exact) mass is 353 g/mol. The minimum Gasteiger partial charge on any atom is -0.457 e. The molecule has 0 fully saturated rings. The van der Waals surface area contributed by atoms with E-state index in [9.17, 15) is 4.79 Å². The van der Waals surface area contributed by atoms with Crippen molar-refractivity contribution in [1.82, 2.24) is 5.48 Å². The number of ether oxygens (including phenoxy) is 1. The van der Waals surface area contributed by atoms with Gasteiger partial charge in [0, 0.05) is 10.6 Å². The van der Waals surface area contributed by atoms with Gasteiger partial charge in [-0.3, -0.25) is 9.63 Å². The van der Waals surface area contributed by atoms with Crippen LogP contribution in [0.25, 0.3) is 0 Å². The van der Waals surface area contributed by atoms with Gasteiger partial charge in [-0.25, -0.2) is 5.48 Å². The van der Waals surface area contributed by atoms with Gasteiger partial charge in [-0.1, -0.05) is 41.9 Å². The lowest BCUT2D eigenvalue weighted by Gasteiger charge is -2.09. The molecule has 0 aromatic heterocycles. The normalized spacial score (nSPS) is 10.3. The summed E-state index contributed by atoms with van der Waals surface area (Å²) in [6.45, 7) is 0.227. The molecule has 0 heterocycles. The molecule has 0 radical (unpaired) electrons. The number of carbonyl (C=O) groups is 1. The third-order valence-electron chi connectivity index (χ3n) is 3.39. The first-order valence-electron chi connectivity index (χ1n) is 7.70. The molecule has 0 aliphatic heterocycles. The van der Waals surface area contributed by atoms with Crippen LogP contribution >= 0.6 is 11.6 Å². The summed E-state index contributed by atoms with van der Waals surface area (Å²) < 4.78 is 5.77. The molecule has 25 heavy (non-hydrogen) atoms. The highest BCUT2D eigenvalue weighted by molar-refractivity contribution is 6.30. The highest BCUT2D eigenvalue weighted by Crippen LogP contribution is 2.22. The molecule has 0 saturated carbocycles. The summed E-state index contributed by atoms with van der Waals surface area (Å²) in [5.41, 5.74) is 3.77. The smallest absolute Gasteiger partial charge is 0.274 e. The van der Waals surface area contributed by atoms with Crippen molar-refractivity contribution in [2.24, 2.45) is 0 Å². The van der Waals surface area contributed by atoms with Crippen molar-refractivity contribution in [2.45, 2.75) is 6.61 Å². The lowest BCUT2D eigenvalue weighted by Crippen LogP contribution is -2.23. The fourth-order valence-corrected chi connectivity index (χ4v) is 2.29. The maximum absolute atomic E-state index is 12.0. The third-order valence-corrected chi connectivity index (χ3v) is 3.64. The highest BCUT2D eigenvalue weighted by atomic mass is 35.5. The number of rotatable bonds is 6. The number of carbonyl (C=O) groups excluding carboxylic acids is 1. The quantitative estimate of drug-likeness (QED) is 0.635. The number of benzene rings is 3. The first-order chi connectivity index (χ1) is 12.2. The van der Waals surface area contributed by atoms with Crippen molar-refractivity contribution in [3.63, 3.8) is 0 Å². The van der Waals surface area contributed by atoms with Crippen LogP contribution in [-0.4, -0.2) is 5.91 Å². The van der Waals surface area contributed by atoms with E-state index in [1.54, 1.807) is 24.3 Å². The zero-order valence-corrected chi connectivity index (χ0v) is 14.1. The van der Waals surface area contributed by atoms with Crippen LogP contribution in [0.3, 0.4) is 0 Å². The van der Waals surface area contributed by atoms with Crippen LogP contribution in [0.2, 0.25) is 5.02 Å². The first-order valence-corrected chi connectivity index (χ1v) is 8.08. The van der Waals surface area contributed by atoms with E-state index in [4.69, 9.17) is 21.2 Å². The van der Waals surface area contributed by atoms with Gasteiger partial charge in [-0.2, -0.15) is 0 Å². The summed E-state index contributed by atoms with van der Waals surface area (Å²) in [6, 6.07) is 23.6. The lowest BCUT2D eigenvalue weighted by atomic mass is 10.2. The summed E-state index contributed by atoms with van der Waals surface area (Å²) in [5, 5.41) is 0.577. The molecule has 3 aromatic rings. The van der Waals surface area contributed by atoms with Gasteiger partial charge in [0.15, 0.2) is 0 Å². The molecular weight excluding hydrogens is 338 g/mol. The molecule has 0 saturated heterocycles. The zero-order valence-electron chi connectivity index (χ0n) is 13.3. The zero-order chi connectivity index (χ0) is 17.5. The number of hydrogen-bond donors (Lipinski definition) is 1. The molecule has 3 aromatic carbocycles. The largest absolute Gasteiger partial charge is 0.457 e. The molecular formula is C20H16ClNO3. The van der Waals surface area contributed by atoms with E-state index in [1.165, 1.54) is 0 Å². The summed E-state index contributed by atoms with van der Waals surface area (Å²) in [5.74, 6) is 1.14. The third kappa shape index (κ3) is 5.08. The van der Waals surface area contributed by atoms with Crippen molar-refractivity contribution in [3.05, 3.63) is 95.0 Å². The van der Waals surface area contributed by atoms with Crippen LogP contribution in [0.5, 0.6) is 11.5 Å². The molecule has 0 spiro atoms. The lowest BCUT2D eigenvalue weighted by molar-refractivity contribution is 0.0233. The van der Waals surface area contributed by atoms with Crippen LogP contribution in [-0.2, 0) is 11.4 Å². The van der Waals surface area contributed by atoms with Crippen molar-refractivity contribution < 1.29 is 14.4 Å². The Kier molecular flexibility index (Phi) is 5.67. The van der Waals surface area contributed by atoms with Crippen LogP contribution in [0.1, 0.15) is 15.9 Å². The molecule has 5 heteroatoms. The van der Waals surface area contributed by atoms with Gasteiger partial charge < -0.3 is 4.74 Å². The summed E-state index contributed by atoms with van der Waals surface area (Å²) in [6.07, 6.45) is 0. The molecule has 0 aliphatic carbocycles. The number of hydroxylamine groups is 1. The second-order valence-corrected chi connectivity index (χ2v) is 5.73. The van der Waals surface area contributed by atoms with Crippen LogP contribution in [0.15, 0.2) is 78.9 Å². The molecule has 0 aliphatic rings. The number of hydrogen-bond acceptors (Lipinski definition) is 3. The number of nitrogens with one attached hydrogen (secondary N) is 1. The average Bonchev–Trinajstić information content (AvgIpc) is 2.63. The topological polar surface area (TPSA) is 47.6 Å². The van der Waals surface area contributed by atoms with Crippen LogP contribution in [0, 0.1) is 0 Å². The summed E-state index contributed by atoms with van der Waals surface area (Å²) >= 11 is 5.80. The first kappa shape index (κ1) is 17.0. The predicted molar refractivity (Wildman–Crippen MR) is 96.7 cm³/mol. The maximum atomic E-state index is 12.0. The fraction of sp³-hybridized carbons (Fsp3) is 0.0500. The number of amides is 1. The van der Waals surface area contributed by atoms with E-state index in [2.05, 4.69) is 5.48 Å². The van der Waals surface area contributed by atoms with E-state index in [0.717, 1.165) is 11.3 Å². The SMILES string of the molecule is O=C(NOCc1cccc(Oc2ccccc2)c1)c1ccc(Cl)cc1. The molecule has 126 valence electrons. The van der Waals surface area contributed by atoms with Crippen molar-refractivity contribution in [1.29, 1.82) is 0 Å². The standard InChI is InChI=1S/C20H16ClNO3/c21-17-11-9-16(10-12-17)20(23)22-24-14-15-5-4-8-19(13-15)25-18-6-2-1-3-7-18/h1-13H,14H2,(H,22,23). The highest BCUT2D eigenvalue weighted by Gasteiger charge is 2.05. The van der Waals surface area contributed by atoms with Crippen LogP contribution in [0.4, 0.5) is 0 Å². The Morgan fingerprint density at radius 2 is 1.60 bits per heavy atom. The Morgan fingerprint density at radius 3 is 2.36 bits per heavy atom. The Hall–Kier alpha value is -2.82. The summed E-state index contributed by atoms with van der Waals surface area (Å²) in [7, 11) is 0. The molecule has 1 N–H and O–H groups in total. The van der Waals surface area contributed by atoms with Gasteiger partial charge in [0.1, 0.15) is 11.5 Å². The summed E-state index contributed by atoms with van der Waals surface area (Å²) in [4.78, 5) is 17.2. The van der Waals surface area contributed by atoms with Gasteiger partial charge >= 0.3 is 0 Å². The molecule has 4 nitrogen and oxygen atoms in total. The maximum Gasteiger partial charge on any atom is 0.274 e. The van der Waals surface area contributed by atoms with E-state index in [1.807, 2.05) is 54.6 Å². The van der Waals surface area contributed by atoms with Crippen LogP contribution < -0.4 is 10.2 Å². The van der Waals surface area contributed by atoms with Gasteiger partial charge in [0.25, 0.3) is 5.91 Å². The molecule has 0 atom stereocenters.